The highest BCUT2D eigenvalue weighted by molar-refractivity contribution is 8.18. The minimum atomic E-state index is -0.380. The lowest BCUT2D eigenvalue weighted by Gasteiger charge is -2.21. The first-order chi connectivity index (χ1) is 12.2. The molecule has 0 aliphatic carbocycles. The van der Waals surface area contributed by atoms with E-state index in [1.165, 1.54) is 0 Å². The lowest BCUT2D eigenvalue weighted by atomic mass is 10.1. The molecule has 5 nitrogen and oxygen atoms in total. The molecule has 6 heteroatoms. The molecular weight excluding hydrogens is 338 g/mol. The molecule has 0 radical (unpaired) electrons. The van der Waals surface area contributed by atoms with Gasteiger partial charge in [0.25, 0.3) is 11.1 Å². The summed E-state index contributed by atoms with van der Waals surface area (Å²) in [5.41, 5.74) is 1.79. The Hall–Kier alpha value is -2.99. The summed E-state index contributed by atoms with van der Waals surface area (Å²) in [4.78, 5) is 23.3. The number of hydrogen-bond donors (Lipinski definition) is 1. The van der Waals surface area contributed by atoms with Crippen molar-refractivity contribution in [1.82, 2.24) is 5.32 Å². The van der Waals surface area contributed by atoms with Gasteiger partial charge in [0, 0.05) is 0 Å². The Morgan fingerprint density at radius 2 is 1.80 bits per heavy atom. The van der Waals surface area contributed by atoms with Gasteiger partial charge >= 0.3 is 0 Å². The summed E-state index contributed by atoms with van der Waals surface area (Å²) in [6, 6.07) is 15.2. The molecule has 1 N–H and O–H groups in total. The Morgan fingerprint density at radius 1 is 0.960 bits per heavy atom. The van der Waals surface area contributed by atoms with Crippen molar-refractivity contribution in [1.29, 1.82) is 0 Å². The number of carbonyl (C=O) groups excluding carboxylic acids is 2. The maximum Gasteiger partial charge on any atom is 0.290 e. The normalized spacial score (nSPS) is 19.4. The van der Waals surface area contributed by atoms with Gasteiger partial charge in [0.2, 0.25) is 0 Å². The van der Waals surface area contributed by atoms with Gasteiger partial charge in [-0.2, -0.15) is 0 Å². The Kier molecular flexibility index (Phi) is 4.03. The van der Waals surface area contributed by atoms with Gasteiger partial charge in [0.1, 0.15) is 12.4 Å². The highest BCUT2D eigenvalue weighted by Gasteiger charge is 2.25. The van der Waals surface area contributed by atoms with E-state index in [1.807, 2.05) is 42.5 Å². The third kappa shape index (κ3) is 3.44. The number of imide groups is 1. The highest BCUT2D eigenvalue weighted by Crippen LogP contribution is 2.35. The van der Waals surface area contributed by atoms with Crippen molar-refractivity contribution in [2.75, 3.05) is 6.61 Å². The molecule has 4 rings (SSSR count). The fourth-order valence-electron chi connectivity index (χ4n) is 2.51. The van der Waals surface area contributed by atoms with E-state index in [0.29, 0.717) is 28.8 Å². The Bertz CT molecular complexity index is 918. The summed E-state index contributed by atoms with van der Waals surface area (Å²) < 4.78 is 11.6. The number of thioether (sulfide) groups is 1. The van der Waals surface area contributed by atoms with E-state index in [2.05, 4.69) is 5.32 Å². The molecule has 2 amide bonds. The monoisotopic (exact) mass is 351 g/mol. The summed E-state index contributed by atoms with van der Waals surface area (Å²) in [5.74, 6) is 1.55. The maximum atomic E-state index is 11.6. The van der Waals surface area contributed by atoms with Crippen LogP contribution in [-0.4, -0.2) is 17.8 Å². The molecule has 2 aromatic carbocycles. The van der Waals surface area contributed by atoms with Crippen molar-refractivity contribution < 1.29 is 19.1 Å². The minimum Gasteiger partial charge on any atom is -0.482 e. The molecule has 2 aromatic rings. The molecule has 0 bridgehead atoms. The predicted octanol–water partition coefficient (Wildman–Crippen LogP) is 3.82. The molecule has 0 saturated carbocycles. The third-order valence-electron chi connectivity index (χ3n) is 3.65. The lowest BCUT2D eigenvalue weighted by molar-refractivity contribution is -0.115. The largest absolute Gasteiger partial charge is 0.482 e. The SMILES string of the molecule is O=C1NC(=O)/C(=C/c2ccc3c(c2)O/C(=C/c2ccccc2)CO3)S1. The number of ether oxygens (including phenoxy) is 2. The van der Waals surface area contributed by atoms with Gasteiger partial charge < -0.3 is 9.47 Å². The Balaban J connectivity index is 1.60. The van der Waals surface area contributed by atoms with Crippen LogP contribution in [0.1, 0.15) is 11.1 Å². The number of carbonyl (C=O) groups is 2. The number of fused-ring (bicyclic) bond motifs is 1. The standard InChI is InChI=1S/C19H13NO4S/c21-18-17(25-19(22)20-18)10-13-6-7-15-16(9-13)24-14(11-23-15)8-12-4-2-1-3-5-12/h1-10H,11H2,(H,20,21,22)/b14-8+,17-10-. The smallest absolute Gasteiger partial charge is 0.290 e. The second kappa shape index (κ2) is 6.49. The summed E-state index contributed by atoms with van der Waals surface area (Å²) >= 11 is 0.886. The van der Waals surface area contributed by atoms with Crippen LogP contribution in [0, 0.1) is 0 Å². The van der Waals surface area contributed by atoms with Crippen molar-refractivity contribution in [2.45, 2.75) is 0 Å². The molecule has 25 heavy (non-hydrogen) atoms. The van der Waals surface area contributed by atoms with E-state index >= 15 is 0 Å². The summed E-state index contributed by atoms with van der Waals surface area (Å²) in [5, 5.41) is 1.88. The van der Waals surface area contributed by atoms with E-state index in [4.69, 9.17) is 9.47 Å². The summed E-state index contributed by atoms with van der Waals surface area (Å²) in [7, 11) is 0. The van der Waals surface area contributed by atoms with Crippen LogP contribution < -0.4 is 14.8 Å². The highest BCUT2D eigenvalue weighted by atomic mass is 32.2. The van der Waals surface area contributed by atoms with E-state index in [0.717, 1.165) is 22.9 Å². The Morgan fingerprint density at radius 3 is 2.56 bits per heavy atom. The summed E-state index contributed by atoms with van der Waals surface area (Å²) in [6.45, 7) is 0.356. The van der Waals surface area contributed by atoms with Gasteiger partial charge in [0.15, 0.2) is 11.5 Å². The third-order valence-corrected chi connectivity index (χ3v) is 4.46. The zero-order valence-corrected chi connectivity index (χ0v) is 13.8. The molecule has 2 heterocycles. The van der Waals surface area contributed by atoms with Crippen molar-refractivity contribution in [3.8, 4) is 11.5 Å². The fraction of sp³-hybridized carbons (Fsp3) is 0.0526. The van der Waals surface area contributed by atoms with Gasteiger partial charge in [-0.3, -0.25) is 14.9 Å². The van der Waals surface area contributed by atoms with Crippen LogP contribution in [0.25, 0.3) is 12.2 Å². The van der Waals surface area contributed by atoms with Gasteiger partial charge in [-0.05, 0) is 47.2 Å². The van der Waals surface area contributed by atoms with Crippen molar-refractivity contribution in [2.24, 2.45) is 0 Å². The molecular formula is C19H13NO4S. The van der Waals surface area contributed by atoms with Crippen molar-refractivity contribution >= 4 is 35.1 Å². The fourth-order valence-corrected chi connectivity index (χ4v) is 3.19. The van der Waals surface area contributed by atoms with Gasteiger partial charge in [-0.25, -0.2) is 0 Å². The second-order valence-electron chi connectivity index (χ2n) is 5.47. The first kappa shape index (κ1) is 15.5. The minimum absolute atomic E-state index is 0.356. The van der Waals surface area contributed by atoms with Crippen molar-refractivity contribution in [3.63, 3.8) is 0 Å². The molecule has 124 valence electrons. The molecule has 0 unspecified atom stereocenters. The zero-order chi connectivity index (χ0) is 17.2. The van der Waals surface area contributed by atoms with E-state index in [-0.39, 0.29) is 11.1 Å². The van der Waals surface area contributed by atoms with E-state index in [1.54, 1.807) is 18.2 Å². The number of amides is 2. The van der Waals surface area contributed by atoms with Crippen LogP contribution in [0.2, 0.25) is 0 Å². The molecule has 0 aromatic heterocycles. The zero-order valence-electron chi connectivity index (χ0n) is 13.0. The average Bonchev–Trinajstić information content (AvgIpc) is 2.93. The van der Waals surface area contributed by atoms with Crippen LogP contribution in [-0.2, 0) is 4.79 Å². The topological polar surface area (TPSA) is 64.6 Å². The van der Waals surface area contributed by atoms with Crippen LogP contribution in [0.3, 0.4) is 0 Å². The van der Waals surface area contributed by atoms with Crippen LogP contribution >= 0.6 is 11.8 Å². The molecule has 2 aliphatic rings. The lowest BCUT2D eigenvalue weighted by Crippen LogP contribution is -2.17. The van der Waals surface area contributed by atoms with Gasteiger partial charge in [-0.1, -0.05) is 36.4 Å². The number of rotatable bonds is 2. The predicted molar refractivity (Wildman–Crippen MR) is 96.1 cm³/mol. The van der Waals surface area contributed by atoms with Crippen LogP contribution in [0.15, 0.2) is 59.2 Å². The molecule has 1 fully saturated rings. The van der Waals surface area contributed by atoms with Crippen LogP contribution in [0.5, 0.6) is 11.5 Å². The van der Waals surface area contributed by atoms with Gasteiger partial charge in [-0.15, -0.1) is 0 Å². The maximum absolute atomic E-state index is 11.6. The Labute approximate surface area is 148 Å². The van der Waals surface area contributed by atoms with Gasteiger partial charge in [0.05, 0.1) is 4.91 Å². The average molecular weight is 351 g/mol. The quantitative estimate of drug-likeness (QED) is 0.833. The molecule has 1 saturated heterocycles. The summed E-state index contributed by atoms with van der Waals surface area (Å²) in [6.07, 6.45) is 3.58. The number of nitrogens with one attached hydrogen (secondary N) is 1. The van der Waals surface area contributed by atoms with Crippen molar-refractivity contribution in [3.05, 3.63) is 70.3 Å². The number of benzene rings is 2. The number of hydrogen-bond acceptors (Lipinski definition) is 5. The molecule has 0 atom stereocenters. The molecule has 0 spiro atoms. The van der Waals surface area contributed by atoms with E-state index < -0.39 is 0 Å². The first-order valence-corrected chi connectivity index (χ1v) is 8.44. The van der Waals surface area contributed by atoms with Crippen LogP contribution in [0.4, 0.5) is 4.79 Å². The second-order valence-corrected chi connectivity index (χ2v) is 6.49. The van der Waals surface area contributed by atoms with E-state index in [9.17, 15) is 9.59 Å². The molecule has 2 aliphatic heterocycles. The first-order valence-electron chi connectivity index (χ1n) is 7.62.